The number of sulfonamides is 1. The summed E-state index contributed by atoms with van der Waals surface area (Å²) in [6, 6.07) is 16.2. The van der Waals surface area contributed by atoms with Crippen molar-refractivity contribution in [1.29, 1.82) is 0 Å². The summed E-state index contributed by atoms with van der Waals surface area (Å²) in [6.45, 7) is 2.28. The molecule has 0 atom stereocenters. The molecule has 174 valence electrons. The molecule has 0 spiro atoms. The zero-order chi connectivity index (χ0) is 24.2. The van der Waals surface area contributed by atoms with Crippen molar-refractivity contribution in [2.75, 3.05) is 6.54 Å². The van der Waals surface area contributed by atoms with Crippen LogP contribution in [0, 0.1) is 12.7 Å². The third kappa shape index (κ3) is 6.01. The molecule has 0 saturated heterocycles. The van der Waals surface area contributed by atoms with Crippen LogP contribution in [0.15, 0.2) is 65.6 Å². The van der Waals surface area contributed by atoms with Gasteiger partial charge in [-0.2, -0.15) is 4.31 Å². The van der Waals surface area contributed by atoms with Gasteiger partial charge in [-0.15, -0.1) is 0 Å². The van der Waals surface area contributed by atoms with Crippen molar-refractivity contribution in [3.63, 3.8) is 0 Å². The van der Waals surface area contributed by atoms with E-state index >= 15 is 0 Å². The summed E-state index contributed by atoms with van der Waals surface area (Å²) >= 11 is 5.86. The normalized spacial score (nSPS) is 13.4. The number of halogens is 2. The molecule has 3 N–H and O–H groups in total. The highest BCUT2D eigenvalue weighted by Gasteiger charge is 2.30. The molecule has 1 aliphatic rings. The monoisotopic (exact) mass is 492 g/mol. The smallest absolute Gasteiger partial charge is 0.402 e. The highest BCUT2D eigenvalue weighted by atomic mass is 35.5. The Bertz CT molecular complexity index is 1250. The third-order valence-corrected chi connectivity index (χ3v) is 7.18. The number of ether oxygens (including phenoxy) is 1. The van der Waals surface area contributed by atoms with Gasteiger partial charge in [-0.1, -0.05) is 17.7 Å². The first-order valence-corrected chi connectivity index (χ1v) is 11.7. The first-order chi connectivity index (χ1) is 15.6. The molecule has 0 bridgehead atoms. The number of rotatable bonds is 4. The van der Waals surface area contributed by atoms with Crippen LogP contribution in [-0.2, 0) is 23.0 Å². The van der Waals surface area contributed by atoms with E-state index in [4.69, 9.17) is 26.2 Å². The molecule has 1 heterocycles. The maximum Gasteiger partial charge on any atom is 0.402 e. The van der Waals surface area contributed by atoms with Crippen LogP contribution in [0.5, 0.6) is 11.5 Å². The van der Waals surface area contributed by atoms with Crippen LogP contribution < -0.4 is 10.5 Å². The molecular weight excluding hydrogens is 471 g/mol. The number of fused-ring (bicyclic) bond motifs is 1. The minimum Gasteiger partial charge on any atom is -0.465 e. The van der Waals surface area contributed by atoms with Crippen molar-refractivity contribution in [2.45, 2.75) is 24.8 Å². The van der Waals surface area contributed by atoms with Crippen molar-refractivity contribution in [2.24, 2.45) is 5.73 Å². The Morgan fingerprint density at radius 1 is 1.03 bits per heavy atom. The summed E-state index contributed by atoms with van der Waals surface area (Å²) in [5.74, 6) is 0.748. The number of hydrogen-bond acceptors (Lipinski definition) is 4. The van der Waals surface area contributed by atoms with Gasteiger partial charge in [-0.25, -0.2) is 17.6 Å². The van der Waals surface area contributed by atoms with E-state index in [0.717, 1.165) is 11.1 Å². The van der Waals surface area contributed by atoms with E-state index in [1.807, 2.05) is 6.92 Å². The zero-order valence-electron chi connectivity index (χ0n) is 17.7. The Morgan fingerprint density at radius 3 is 2.15 bits per heavy atom. The SMILES string of the molecule is Cc1ccc(F)c2c1CCN(S(=O)(=O)c1ccc(Oc3ccc(Cl)cc3)cc1)C2.NC(=O)O. The maximum atomic E-state index is 14.3. The molecule has 3 aromatic carbocycles. The third-order valence-electron chi connectivity index (χ3n) is 5.06. The highest BCUT2D eigenvalue weighted by Crippen LogP contribution is 2.30. The van der Waals surface area contributed by atoms with Crippen LogP contribution >= 0.6 is 11.6 Å². The number of nitrogens with two attached hydrogens (primary N) is 1. The zero-order valence-corrected chi connectivity index (χ0v) is 19.2. The molecule has 3 aromatic rings. The fourth-order valence-electron chi connectivity index (χ4n) is 3.47. The largest absolute Gasteiger partial charge is 0.465 e. The van der Waals surface area contributed by atoms with Gasteiger partial charge in [0, 0.05) is 23.7 Å². The summed E-state index contributed by atoms with van der Waals surface area (Å²) in [5, 5.41) is 7.80. The highest BCUT2D eigenvalue weighted by molar-refractivity contribution is 7.89. The molecule has 1 aliphatic heterocycles. The lowest BCUT2D eigenvalue weighted by Crippen LogP contribution is -2.36. The first-order valence-electron chi connectivity index (χ1n) is 9.87. The second-order valence-corrected chi connectivity index (χ2v) is 9.65. The van der Waals surface area contributed by atoms with Gasteiger partial charge in [0.05, 0.1) is 4.90 Å². The average molecular weight is 493 g/mol. The molecule has 7 nitrogen and oxygen atoms in total. The Balaban J connectivity index is 0.000000709. The predicted molar refractivity (Wildman–Crippen MR) is 123 cm³/mol. The average Bonchev–Trinajstić information content (AvgIpc) is 2.78. The molecular formula is C23H22ClFN2O5S. The summed E-state index contributed by atoms with van der Waals surface area (Å²) < 4.78 is 47.4. The number of benzene rings is 3. The number of nitrogens with zero attached hydrogens (tertiary/aromatic N) is 1. The summed E-state index contributed by atoms with van der Waals surface area (Å²) in [6.07, 6.45) is -0.837. The Kier molecular flexibility index (Phi) is 7.57. The molecule has 0 saturated carbocycles. The lowest BCUT2D eigenvalue weighted by molar-refractivity contribution is 0.205. The van der Waals surface area contributed by atoms with Crippen LogP contribution in [0.4, 0.5) is 9.18 Å². The van der Waals surface area contributed by atoms with Gasteiger partial charge in [-0.05, 0) is 79.1 Å². The molecule has 33 heavy (non-hydrogen) atoms. The van der Waals surface area contributed by atoms with Crippen molar-refractivity contribution < 1.29 is 27.4 Å². The number of amides is 1. The lowest BCUT2D eigenvalue weighted by atomic mass is 9.96. The van der Waals surface area contributed by atoms with Crippen molar-refractivity contribution >= 4 is 27.7 Å². The Labute approximate surface area is 196 Å². The van der Waals surface area contributed by atoms with Crippen molar-refractivity contribution in [3.8, 4) is 11.5 Å². The fraction of sp³-hybridized carbons (Fsp3) is 0.174. The molecule has 10 heteroatoms. The van der Waals surface area contributed by atoms with E-state index < -0.39 is 16.1 Å². The summed E-state index contributed by atoms with van der Waals surface area (Å²) in [7, 11) is -3.74. The van der Waals surface area contributed by atoms with E-state index in [2.05, 4.69) is 5.73 Å². The number of carboxylic acid groups (broad SMARTS) is 1. The van der Waals surface area contributed by atoms with Crippen LogP contribution in [0.25, 0.3) is 0 Å². The van der Waals surface area contributed by atoms with Gasteiger partial charge in [-0.3, -0.25) is 0 Å². The molecule has 4 rings (SSSR count). The number of carbonyl (C=O) groups is 1. The maximum absolute atomic E-state index is 14.3. The second-order valence-electron chi connectivity index (χ2n) is 7.28. The van der Waals surface area contributed by atoms with Gasteiger partial charge < -0.3 is 15.6 Å². The van der Waals surface area contributed by atoms with Gasteiger partial charge in [0.1, 0.15) is 17.3 Å². The quantitative estimate of drug-likeness (QED) is 0.535. The number of hydrogen-bond donors (Lipinski definition) is 2. The van der Waals surface area contributed by atoms with Crippen LogP contribution in [-0.4, -0.2) is 30.5 Å². The molecule has 0 fully saturated rings. The Hall–Kier alpha value is -3.14. The van der Waals surface area contributed by atoms with Gasteiger partial charge >= 0.3 is 6.09 Å². The van der Waals surface area contributed by atoms with E-state index in [9.17, 15) is 12.8 Å². The molecule has 1 amide bonds. The molecule has 0 unspecified atom stereocenters. The minimum atomic E-state index is -3.74. The Morgan fingerprint density at radius 2 is 1.58 bits per heavy atom. The van der Waals surface area contributed by atoms with Gasteiger partial charge in [0.25, 0.3) is 0 Å². The van der Waals surface area contributed by atoms with E-state index in [-0.39, 0.29) is 17.3 Å². The standard InChI is InChI=1S/C22H19ClFNO3S.CH3NO2/c1-15-2-11-22(24)21-14-25(13-12-20(15)21)29(26,27)19-9-7-18(8-10-19)28-17-5-3-16(23)4-6-17;2-1(3)4/h2-11H,12-14H2,1H3;2H2,(H,3,4). The van der Waals surface area contributed by atoms with Crippen molar-refractivity contribution in [1.82, 2.24) is 4.31 Å². The molecule has 0 aromatic heterocycles. The van der Waals surface area contributed by atoms with E-state index in [1.165, 1.54) is 22.5 Å². The summed E-state index contributed by atoms with van der Waals surface area (Å²) in [4.78, 5) is 8.93. The number of aryl methyl sites for hydroxylation is 1. The van der Waals surface area contributed by atoms with Crippen LogP contribution in [0.1, 0.15) is 16.7 Å². The lowest BCUT2D eigenvalue weighted by Gasteiger charge is -2.29. The van der Waals surface area contributed by atoms with Crippen LogP contribution in [0.3, 0.4) is 0 Å². The minimum absolute atomic E-state index is 0.0359. The molecule has 0 radical (unpaired) electrons. The first kappa shape index (κ1) is 24.5. The summed E-state index contributed by atoms with van der Waals surface area (Å²) in [5.41, 5.74) is 6.38. The van der Waals surface area contributed by atoms with Gasteiger partial charge in [0.15, 0.2) is 0 Å². The topological polar surface area (TPSA) is 110 Å². The van der Waals surface area contributed by atoms with Gasteiger partial charge in [0.2, 0.25) is 10.0 Å². The van der Waals surface area contributed by atoms with Crippen LogP contribution in [0.2, 0.25) is 5.02 Å². The molecule has 0 aliphatic carbocycles. The predicted octanol–water partition coefficient (Wildman–Crippen LogP) is 4.95. The van der Waals surface area contributed by atoms with E-state index in [0.29, 0.717) is 35.1 Å². The second kappa shape index (κ2) is 10.2. The number of primary amides is 1. The van der Waals surface area contributed by atoms with Crippen molar-refractivity contribution in [3.05, 3.63) is 88.2 Å². The fourth-order valence-corrected chi connectivity index (χ4v) is 5.00. The van der Waals surface area contributed by atoms with E-state index in [1.54, 1.807) is 42.5 Å².